The van der Waals surface area contributed by atoms with Crippen LogP contribution in [0.25, 0.3) is 0 Å². The zero-order valence-electron chi connectivity index (χ0n) is 16.4. The van der Waals surface area contributed by atoms with Crippen molar-refractivity contribution in [2.45, 2.75) is 90.4 Å². The van der Waals surface area contributed by atoms with E-state index in [1.165, 1.54) is 0 Å². The third-order valence-corrected chi connectivity index (χ3v) is 6.04. The van der Waals surface area contributed by atoms with Crippen LogP contribution >= 0.6 is 0 Å². The van der Waals surface area contributed by atoms with Gasteiger partial charge in [-0.25, -0.2) is 4.98 Å². The molecule has 4 atom stereocenters. The average Bonchev–Trinajstić information content (AvgIpc) is 2.61. The third kappa shape index (κ3) is 3.62. The topological polar surface area (TPSA) is 53.5 Å². The van der Waals surface area contributed by atoms with Crippen molar-refractivity contribution in [3.8, 4) is 0 Å². The lowest BCUT2D eigenvalue weighted by atomic mass is 9.96. The Morgan fingerprint density at radius 2 is 1.12 bits per heavy atom. The highest BCUT2D eigenvalue weighted by atomic mass is 16.2. The van der Waals surface area contributed by atoms with Gasteiger partial charge in [0.2, 0.25) is 0 Å². The van der Waals surface area contributed by atoms with Gasteiger partial charge < -0.3 is 9.80 Å². The van der Waals surface area contributed by atoms with E-state index in [1.54, 1.807) is 18.2 Å². The van der Waals surface area contributed by atoms with E-state index < -0.39 is 0 Å². The molecule has 3 rings (SSSR count). The van der Waals surface area contributed by atoms with Crippen molar-refractivity contribution in [1.82, 2.24) is 14.8 Å². The maximum atomic E-state index is 13.0. The molecule has 0 unspecified atom stereocenters. The van der Waals surface area contributed by atoms with E-state index in [-0.39, 0.29) is 36.0 Å². The maximum Gasteiger partial charge on any atom is 0.272 e. The first-order valence-corrected chi connectivity index (χ1v) is 10.0. The van der Waals surface area contributed by atoms with Crippen LogP contribution in [-0.2, 0) is 0 Å². The first-order chi connectivity index (χ1) is 12.4. The van der Waals surface area contributed by atoms with Gasteiger partial charge in [-0.05, 0) is 78.4 Å². The minimum atomic E-state index is -0.0564. The van der Waals surface area contributed by atoms with Crippen LogP contribution in [0.4, 0.5) is 0 Å². The summed E-state index contributed by atoms with van der Waals surface area (Å²) in [6.45, 7) is 8.39. The largest absolute Gasteiger partial charge is 0.332 e. The van der Waals surface area contributed by atoms with Crippen molar-refractivity contribution in [2.24, 2.45) is 0 Å². The average molecular weight is 357 g/mol. The molecule has 2 saturated heterocycles. The highest BCUT2D eigenvalue weighted by molar-refractivity contribution is 5.96. The second-order valence-corrected chi connectivity index (χ2v) is 8.09. The second kappa shape index (κ2) is 7.77. The molecule has 0 aliphatic carbocycles. The summed E-state index contributed by atoms with van der Waals surface area (Å²) in [4.78, 5) is 34.4. The van der Waals surface area contributed by atoms with Crippen LogP contribution in [0, 0.1) is 0 Å². The molecular formula is C21H31N3O2. The zero-order chi connectivity index (χ0) is 18.8. The number of hydrogen-bond donors (Lipinski definition) is 0. The standard InChI is InChI=1S/C21H31N3O2/c1-14-8-5-9-15(2)23(14)20(25)18-12-7-13-19(22-18)21(26)24-16(3)10-6-11-17(24)4/h7,12-17H,5-6,8-11H2,1-4H3/t14-,15+,16-,17+. The number of amides is 2. The number of rotatable bonds is 2. The van der Waals surface area contributed by atoms with Crippen LogP contribution in [-0.4, -0.2) is 50.8 Å². The molecule has 142 valence electrons. The Bertz CT molecular complexity index is 602. The molecule has 5 heteroatoms. The quantitative estimate of drug-likeness (QED) is 0.807. The molecule has 0 radical (unpaired) electrons. The van der Waals surface area contributed by atoms with Gasteiger partial charge in [-0.2, -0.15) is 0 Å². The Morgan fingerprint density at radius 3 is 1.46 bits per heavy atom. The summed E-state index contributed by atoms with van der Waals surface area (Å²) >= 11 is 0. The molecule has 2 fully saturated rings. The first-order valence-electron chi connectivity index (χ1n) is 10.0. The van der Waals surface area contributed by atoms with Gasteiger partial charge in [0.05, 0.1) is 0 Å². The predicted octanol–water partition coefficient (Wildman–Crippen LogP) is 3.89. The summed E-state index contributed by atoms with van der Waals surface area (Å²) in [5, 5.41) is 0. The summed E-state index contributed by atoms with van der Waals surface area (Å²) in [5.74, 6) is -0.113. The van der Waals surface area contributed by atoms with E-state index in [9.17, 15) is 9.59 Å². The van der Waals surface area contributed by atoms with E-state index >= 15 is 0 Å². The van der Waals surface area contributed by atoms with Gasteiger partial charge in [0.15, 0.2) is 0 Å². The monoisotopic (exact) mass is 357 g/mol. The summed E-state index contributed by atoms with van der Waals surface area (Å²) in [7, 11) is 0. The number of likely N-dealkylation sites (tertiary alicyclic amines) is 2. The molecule has 2 amide bonds. The lowest BCUT2D eigenvalue weighted by Gasteiger charge is -2.39. The van der Waals surface area contributed by atoms with Gasteiger partial charge in [0.25, 0.3) is 11.8 Å². The fraction of sp³-hybridized carbons (Fsp3) is 0.667. The molecule has 0 N–H and O–H groups in total. The molecule has 1 aromatic heterocycles. The minimum absolute atomic E-state index is 0.0564. The third-order valence-electron chi connectivity index (χ3n) is 6.04. The van der Waals surface area contributed by atoms with Crippen molar-refractivity contribution in [3.05, 3.63) is 29.6 Å². The zero-order valence-corrected chi connectivity index (χ0v) is 16.4. The highest BCUT2D eigenvalue weighted by Gasteiger charge is 2.33. The molecular weight excluding hydrogens is 326 g/mol. The number of hydrogen-bond acceptors (Lipinski definition) is 3. The molecule has 2 aliphatic rings. The molecule has 2 aliphatic heterocycles. The van der Waals surface area contributed by atoms with Crippen molar-refractivity contribution in [1.29, 1.82) is 0 Å². The van der Waals surface area contributed by atoms with Crippen molar-refractivity contribution in [2.75, 3.05) is 0 Å². The van der Waals surface area contributed by atoms with Crippen LogP contribution < -0.4 is 0 Å². The van der Waals surface area contributed by atoms with Crippen molar-refractivity contribution < 1.29 is 9.59 Å². The van der Waals surface area contributed by atoms with Crippen LogP contribution in [0.5, 0.6) is 0 Å². The van der Waals surface area contributed by atoms with E-state index in [1.807, 2.05) is 9.80 Å². The SMILES string of the molecule is C[C@@H]1CCC[C@H](C)N1C(=O)c1cccc(C(=O)N2[C@H](C)CCC[C@@H]2C)n1. The van der Waals surface area contributed by atoms with Crippen LogP contribution in [0.15, 0.2) is 18.2 Å². The molecule has 5 nitrogen and oxygen atoms in total. The van der Waals surface area contributed by atoms with Crippen molar-refractivity contribution in [3.63, 3.8) is 0 Å². The van der Waals surface area contributed by atoms with Gasteiger partial charge in [0, 0.05) is 24.2 Å². The summed E-state index contributed by atoms with van der Waals surface area (Å²) in [5.41, 5.74) is 0.766. The van der Waals surface area contributed by atoms with E-state index in [0.717, 1.165) is 38.5 Å². The number of carbonyl (C=O) groups is 2. The smallest absolute Gasteiger partial charge is 0.272 e. The summed E-state index contributed by atoms with van der Waals surface area (Å²) in [6.07, 6.45) is 6.41. The number of carbonyl (C=O) groups excluding carboxylic acids is 2. The molecule has 1 aromatic rings. The Hall–Kier alpha value is -1.91. The van der Waals surface area contributed by atoms with E-state index in [0.29, 0.717) is 11.4 Å². The Labute approximate surface area is 156 Å². The van der Waals surface area contributed by atoms with Gasteiger partial charge in [-0.1, -0.05) is 6.07 Å². The summed E-state index contributed by atoms with van der Waals surface area (Å²) < 4.78 is 0. The van der Waals surface area contributed by atoms with E-state index in [2.05, 4.69) is 32.7 Å². The molecule has 0 saturated carbocycles. The summed E-state index contributed by atoms with van der Waals surface area (Å²) in [6, 6.07) is 6.12. The van der Waals surface area contributed by atoms with Gasteiger partial charge in [-0.3, -0.25) is 9.59 Å². The fourth-order valence-corrected chi connectivity index (χ4v) is 4.58. The van der Waals surface area contributed by atoms with Crippen LogP contribution in [0.2, 0.25) is 0 Å². The molecule has 3 heterocycles. The minimum Gasteiger partial charge on any atom is -0.332 e. The maximum absolute atomic E-state index is 13.0. The second-order valence-electron chi connectivity index (χ2n) is 8.09. The van der Waals surface area contributed by atoms with Crippen LogP contribution in [0.1, 0.15) is 87.2 Å². The number of piperidine rings is 2. The predicted molar refractivity (Wildman–Crippen MR) is 102 cm³/mol. The molecule has 0 bridgehead atoms. The lowest BCUT2D eigenvalue weighted by Crippen LogP contribution is -2.48. The number of aromatic nitrogens is 1. The van der Waals surface area contributed by atoms with Gasteiger partial charge in [-0.15, -0.1) is 0 Å². The Balaban J connectivity index is 1.83. The lowest BCUT2D eigenvalue weighted by molar-refractivity contribution is 0.0497. The molecule has 0 aromatic carbocycles. The Kier molecular flexibility index (Phi) is 5.64. The van der Waals surface area contributed by atoms with Crippen LogP contribution in [0.3, 0.4) is 0 Å². The normalized spacial score (nSPS) is 29.5. The first kappa shape index (κ1) is 18.9. The molecule has 26 heavy (non-hydrogen) atoms. The van der Waals surface area contributed by atoms with Gasteiger partial charge >= 0.3 is 0 Å². The van der Waals surface area contributed by atoms with E-state index in [4.69, 9.17) is 0 Å². The Morgan fingerprint density at radius 1 is 0.769 bits per heavy atom. The fourth-order valence-electron chi connectivity index (χ4n) is 4.58. The molecule has 0 spiro atoms. The van der Waals surface area contributed by atoms with Gasteiger partial charge in [0.1, 0.15) is 11.4 Å². The number of nitrogens with zero attached hydrogens (tertiary/aromatic N) is 3. The highest BCUT2D eigenvalue weighted by Crippen LogP contribution is 2.26. The van der Waals surface area contributed by atoms with Crippen molar-refractivity contribution >= 4 is 11.8 Å². The number of pyridine rings is 1.